The lowest BCUT2D eigenvalue weighted by Gasteiger charge is -2.11. The maximum atomic E-state index is 12.6. The first-order valence-corrected chi connectivity index (χ1v) is 7.81. The molecular weight excluding hydrogens is 307 g/mol. The molecule has 0 aliphatic carbocycles. The minimum atomic E-state index is -3.70. The van der Waals surface area contributed by atoms with Gasteiger partial charge in [-0.05, 0) is 24.6 Å². The van der Waals surface area contributed by atoms with Crippen LogP contribution in [0.1, 0.15) is 18.3 Å². The van der Waals surface area contributed by atoms with Crippen molar-refractivity contribution >= 4 is 33.2 Å². The molecule has 2 rings (SSSR count). The van der Waals surface area contributed by atoms with Crippen LogP contribution in [-0.2, 0) is 16.4 Å². The summed E-state index contributed by atoms with van der Waals surface area (Å²) in [6, 6.07) is 2.91. The third-order valence-corrected chi connectivity index (χ3v) is 5.32. The fourth-order valence-electron chi connectivity index (χ4n) is 1.80. The van der Waals surface area contributed by atoms with Crippen molar-refractivity contribution in [2.75, 3.05) is 0 Å². The van der Waals surface area contributed by atoms with E-state index in [0.29, 0.717) is 22.8 Å². The summed E-state index contributed by atoms with van der Waals surface area (Å²) in [5.74, 6) is 0.477. The Balaban J connectivity index is 2.67. The molecule has 102 valence electrons. The van der Waals surface area contributed by atoms with Gasteiger partial charge in [0.15, 0.2) is 0 Å². The van der Waals surface area contributed by atoms with Crippen LogP contribution in [0.5, 0.6) is 0 Å². The van der Waals surface area contributed by atoms with E-state index >= 15 is 0 Å². The molecule has 2 aromatic rings. The van der Waals surface area contributed by atoms with Gasteiger partial charge in [0.2, 0.25) is 0 Å². The van der Waals surface area contributed by atoms with Crippen molar-refractivity contribution in [3.63, 3.8) is 0 Å². The average molecular weight is 319 g/mol. The van der Waals surface area contributed by atoms with Crippen molar-refractivity contribution in [1.82, 2.24) is 8.96 Å². The second kappa shape index (κ2) is 5.15. The maximum absolute atomic E-state index is 12.6. The second-order valence-corrected chi connectivity index (χ2v) is 6.63. The van der Waals surface area contributed by atoms with Crippen molar-refractivity contribution in [1.29, 1.82) is 0 Å². The molecule has 0 atom stereocenters. The Labute approximate surface area is 122 Å². The smallest absolute Gasteiger partial charge is 0.241 e. The first-order chi connectivity index (χ1) is 8.87. The molecule has 0 spiro atoms. The van der Waals surface area contributed by atoms with Gasteiger partial charge in [0.1, 0.15) is 5.82 Å². The highest BCUT2D eigenvalue weighted by Gasteiger charge is 2.22. The molecule has 4 nitrogen and oxygen atoms in total. The Morgan fingerprint density at radius 1 is 1.26 bits per heavy atom. The van der Waals surface area contributed by atoms with Crippen LogP contribution in [0.15, 0.2) is 29.4 Å². The normalized spacial score (nSPS) is 11.8. The van der Waals surface area contributed by atoms with Gasteiger partial charge in [0.05, 0.1) is 14.9 Å². The number of hydrogen-bond acceptors (Lipinski definition) is 3. The Hall–Kier alpha value is -1.04. The molecule has 0 aliphatic heterocycles. The summed E-state index contributed by atoms with van der Waals surface area (Å²) in [5.41, 5.74) is 0.546. The summed E-state index contributed by atoms with van der Waals surface area (Å²) in [5, 5.41) is 0.545. The molecule has 0 fully saturated rings. The molecule has 0 aliphatic rings. The zero-order chi connectivity index (χ0) is 14.2. The van der Waals surface area contributed by atoms with Crippen LogP contribution >= 0.6 is 23.2 Å². The number of aromatic nitrogens is 2. The van der Waals surface area contributed by atoms with E-state index in [9.17, 15) is 8.42 Å². The van der Waals surface area contributed by atoms with Crippen LogP contribution in [0.3, 0.4) is 0 Å². The molecular formula is C12H12Cl2N2O2S. The standard InChI is InChI=1S/C12H12Cl2N2O2S/c1-3-12-15-4-5-16(12)19(17,18)11-7-10(14)9(13)6-8(11)2/h4-7H,3H2,1-2H3. The van der Waals surface area contributed by atoms with E-state index in [1.807, 2.05) is 6.92 Å². The van der Waals surface area contributed by atoms with Crippen LogP contribution in [-0.4, -0.2) is 17.4 Å². The molecule has 0 amide bonds. The Morgan fingerprint density at radius 2 is 1.89 bits per heavy atom. The van der Waals surface area contributed by atoms with Gasteiger partial charge in [-0.2, -0.15) is 0 Å². The number of imidazole rings is 1. The summed E-state index contributed by atoms with van der Waals surface area (Å²) in [6.45, 7) is 3.52. The average Bonchev–Trinajstić information content (AvgIpc) is 2.82. The zero-order valence-corrected chi connectivity index (χ0v) is 12.7. The van der Waals surface area contributed by atoms with Gasteiger partial charge in [0.25, 0.3) is 10.0 Å². The Morgan fingerprint density at radius 3 is 2.53 bits per heavy atom. The summed E-state index contributed by atoms with van der Waals surface area (Å²) in [4.78, 5) is 4.15. The van der Waals surface area contributed by atoms with E-state index < -0.39 is 10.0 Å². The molecule has 1 aromatic carbocycles. The highest BCUT2D eigenvalue weighted by Crippen LogP contribution is 2.29. The summed E-state index contributed by atoms with van der Waals surface area (Å²) < 4.78 is 26.3. The fraction of sp³-hybridized carbons (Fsp3) is 0.250. The van der Waals surface area contributed by atoms with Gasteiger partial charge in [0, 0.05) is 18.8 Å². The van der Waals surface area contributed by atoms with E-state index in [1.54, 1.807) is 13.0 Å². The molecule has 7 heteroatoms. The summed E-state index contributed by atoms with van der Waals surface area (Å²) in [7, 11) is -3.70. The second-order valence-electron chi connectivity index (χ2n) is 4.03. The quantitative estimate of drug-likeness (QED) is 0.872. The van der Waals surface area contributed by atoms with Gasteiger partial charge in [-0.1, -0.05) is 30.1 Å². The molecule has 0 bridgehead atoms. The van der Waals surface area contributed by atoms with Gasteiger partial charge >= 0.3 is 0 Å². The van der Waals surface area contributed by atoms with E-state index in [4.69, 9.17) is 23.2 Å². The Kier molecular flexibility index (Phi) is 3.90. The number of halogens is 2. The number of aryl methyl sites for hydroxylation is 2. The van der Waals surface area contributed by atoms with Gasteiger partial charge in [-0.3, -0.25) is 0 Å². The van der Waals surface area contributed by atoms with Crippen LogP contribution in [0.2, 0.25) is 10.0 Å². The van der Waals surface area contributed by atoms with Crippen molar-refractivity contribution in [3.05, 3.63) is 46.0 Å². The molecule has 1 aromatic heterocycles. The van der Waals surface area contributed by atoms with Gasteiger partial charge in [-0.15, -0.1) is 0 Å². The predicted molar refractivity (Wildman–Crippen MR) is 75.4 cm³/mol. The largest absolute Gasteiger partial charge is 0.269 e. The summed E-state index contributed by atoms with van der Waals surface area (Å²) >= 11 is 11.8. The molecule has 19 heavy (non-hydrogen) atoms. The third-order valence-electron chi connectivity index (χ3n) is 2.75. The highest BCUT2D eigenvalue weighted by molar-refractivity contribution is 7.90. The van der Waals surface area contributed by atoms with E-state index in [1.165, 1.54) is 22.4 Å². The molecule has 0 radical (unpaired) electrons. The maximum Gasteiger partial charge on any atom is 0.269 e. The van der Waals surface area contributed by atoms with Crippen LogP contribution in [0.25, 0.3) is 0 Å². The highest BCUT2D eigenvalue weighted by atomic mass is 35.5. The molecule has 0 saturated heterocycles. The topological polar surface area (TPSA) is 52.0 Å². The van der Waals surface area contributed by atoms with Crippen LogP contribution < -0.4 is 0 Å². The molecule has 1 heterocycles. The van der Waals surface area contributed by atoms with E-state index in [2.05, 4.69) is 4.98 Å². The number of rotatable bonds is 3. The number of nitrogens with zero attached hydrogens (tertiary/aromatic N) is 2. The monoisotopic (exact) mass is 318 g/mol. The minimum absolute atomic E-state index is 0.134. The fourth-order valence-corrected chi connectivity index (χ4v) is 3.86. The summed E-state index contributed by atoms with van der Waals surface area (Å²) in [6.07, 6.45) is 3.41. The molecule has 0 saturated carbocycles. The SMILES string of the molecule is CCc1nccn1S(=O)(=O)c1cc(Cl)c(Cl)cc1C. The predicted octanol–water partition coefficient (Wildman–Crippen LogP) is 3.30. The molecule has 0 N–H and O–H groups in total. The van der Waals surface area contributed by atoms with Crippen molar-refractivity contribution in [3.8, 4) is 0 Å². The van der Waals surface area contributed by atoms with Crippen molar-refractivity contribution in [2.24, 2.45) is 0 Å². The van der Waals surface area contributed by atoms with Crippen LogP contribution in [0.4, 0.5) is 0 Å². The van der Waals surface area contributed by atoms with Gasteiger partial charge in [-0.25, -0.2) is 17.4 Å². The van der Waals surface area contributed by atoms with E-state index in [0.717, 1.165) is 0 Å². The number of hydrogen-bond donors (Lipinski definition) is 0. The zero-order valence-electron chi connectivity index (χ0n) is 10.4. The lowest BCUT2D eigenvalue weighted by Crippen LogP contribution is -2.16. The van der Waals surface area contributed by atoms with Crippen molar-refractivity contribution < 1.29 is 8.42 Å². The van der Waals surface area contributed by atoms with Crippen LogP contribution in [0, 0.1) is 6.92 Å². The van der Waals surface area contributed by atoms with Crippen molar-refractivity contribution in [2.45, 2.75) is 25.2 Å². The first-order valence-electron chi connectivity index (χ1n) is 5.61. The lowest BCUT2D eigenvalue weighted by atomic mass is 10.2. The Bertz CT molecular complexity index is 723. The van der Waals surface area contributed by atoms with Gasteiger partial charge < -0.3 is 0 Å². The minimum Gasteiger partial charge on any atom is -0.241 e. The molecule has 0 unspecified atom stereocenters. The lowest BCUT2D eigenvalue weighted by molar-refractivity contribution is 0.584. The number of benzene rings is 1. The van der Waals surface area contributed by atoms with E-state index in [-0.39, 0.29) is 9.92 Å². The third kappa shape index (κ3) is 2.50. The first kappa shape index (κ1) is 14.4.